The molecule has 0 saturated carbocycles. The molecule has 0 bridgehead atoms. The first kappa shape index (κ1) is 19.2. The van der Waals surface area contributed by atoms with E-state index in [4.69, 9.17) is 9.84 Å². The smallest absolute Gasteiger partial charge is 0.409 e. The predicted molar refractivity (Wildman–Crippen MR) is 103 cm³/mol. The number of halogens is 1. The molecule has 142 valence electrons. The molecular weight excluding hydrogens is 368 g/mol. The molecule has 1 heterocycles. The molecule has 2 aromatic rings. The van der Waals surface area contributed by atoms with Crippen LogP contribution in [0.15, 0.2) is 48.5 Å². The number of carbonyl (C=O) groups is 2. The molecule has 1 saturated heterocycles. The zero-order chi connectivity index (χ0) is 18.1. The number of nitrogens with zero attached hydrogens (tertiary/aromatic N) is 1. The Morgan fingerprint density at radius 3 is 2.26 bits per heavy atom. The van der Waals surface area contributed by atoms with Crippen molar-refractivity contribution in [3.8, 4) is 11.1 Å². The van der Waals surface area contributed by atoms with E-state index in [1.165, 1.54) is 16.0 Å². The molecule has 4 rings (SSSR count). The summed E-state index contributed by atoms with van der Waals surface area (Å²) in [5.41, 5.74) is 4.67. The average Bonchev–Trinajstić information content (AvgIpc) is 3.00. The fraction of sp³-hybridized carbons (Fsp3) is 0.300. The highest BCUT2D eigenvalue weighted by Gasteiger charge is 2.32. The van der Waals surface area contributed by atoms with Crippen molar-refractivity contribution in [3.05, 3.63) is 59.7 Å². The van der Waals surface area contributed by atoms with Crippen molar-refractivity contribution in [2.75, 3.05) is 26.2 Å². The molecule has 2 aliphatic rings. The second kappa shape index (κ2) is 7.98. The summed E-state index contributed by atoms with van der Waals surface area (Å²) in [4.78, 5) is 25.0. The van der Waals surface area contributed by atoms with Crippen molar-refractivity contribution in [1.82, 2.24) is 10.2 Å². The maximum atomic E-state index is 12.4. The quantitative estimate of drug-likeness (QED) is 0.845. The summed E-state index contributed by atoms with van der Waals surface area (Å²) in [6, 6.07) is 15.6. The van der Waals surface area contributed by atoms with Gasteiger partial charge < -0.3 is 20.1 Å². The van der Waals surface area contributed by atoms with Gasteiger partial charge in [0.05, 0.1) is 6.54 Å². The third kappa shape index (κ3) is 3.63. The van der Waals surface area contributed by atoms with E-state index in [-0.39, 0.29) is 31.5 Å². The molecule has 2 N–H and O–H groups in total. The van der Waals surface area contributed by atoms with E-state index < -0.39 is 18.1 Å². The SMILES string of the molecule is Cl.O=C(O)[C@@H]1CN(C(=O)OCC2c3ccccc3-c3ccccc32)CCN1. The predicted octanol–water partition coefficient (Wildman–Crippen LogP) is 2.72. The molecule has 2 aromatic carbocycles. The van der Waals surface area contributed by atoms with Gasteiger partial charge in [0, 0.05) is 19.0 Å². The van der Waals surface area contributed by atoms with Crippen molar-refractivity contribution in [2.24, 2.45) is 0 Å². The standard InChI is InChI=1S/C20H20N2O4.ClH/c23-19(24)18-11-22(10-9-21-18)20(25)26-12-17-15-7-3-1-5-13(15)14-6-2-4-8-16(14)17;/h1-8,17-18,21H,9-12H2,(H,23,24);1H/t18-;/m0./s1. The average molecular weight is 389 g/mol. The fourth-order valence-corrected chi connectivity index (χ4v) is 3.77. The summed E-state index contributed by atoms with van der Waals surface area (Å²) in [6.45, 7) is 1.25. The number of nitrogens with one attached hydrogen (secondary N) is 1. The van der Waals surface area contributed by atoms with Gasteiger partial charge in [-0.15, -0.1) is 12.4 Å². The van der Waals surface area contributed by atoms with Crippen LogP contribution >= 0.6 is 12.4 Å². The number of rotatable bonds is 3. The van der Waals surface area contributed by atoms with Gasteiger partial charge in [-0.25, -0.2) is 4.79 Å². The lowest BCUT2D eigenvalue weighted by Crippen LogP contribution is -2.55. The van der Waals surface area contributed by atoms with Crippen LogP contribution in [0.4, 0.5) is 4.79 Å². The number of ether oxygens (including phenoxy) is 1. The van der Waals surface area contributed by atoms with E-state index in [9.17, 15) is 9.59 Å². The summed E-state index contributed by atoms with van der Waals surface area (Å²) >= 11 is 0. The Bertz CT molecular complexity index is 812. The third-order valence-electron chi connectivity index (χ3n) is 5.07. The molecule has 1 aliphatic carbocycles. The number of carboxylic acids is 1. The lowest BCUT2D eigenvalue weighted by atomic mass is 9.98. The molecule has 0 spiro atoms. The Balaban J connectivity index is 0.00000210. The molecule has 1 fully saturated rings. The Labute approximate surface area is 163 Å². The summed E-state index contributed by atoms with van der Waals surface area (Å²) in [5.74, 6) is -0.953. The number of benzene rings is 2. The Kier molecular flexibility index (Phi) is 5.68. The minimum Gasteiger partial charge on any atom is -0.480 e. The minimum absolute atomic E-state index is 0. The first-order chi connectivity index (χ1) is 12.6. The molecule has 6 nitrogen and oxygen atoms in total. The van der Waals surface area contributed by atoms with E-state index in [1.54, 1.807) is 0 Å². The molecule has 0 unspecified atom stereocenters. The lowest BCUT2D eigenvalue weighted by molar-refractivity contribution is -0.140. The number of hydrogen-bond donors (Lipinski definition) is 2. The summed E-state index contributed by atoms with van der Waals surface area (Å²) in [5, 5.41) is 12.0. The van der Waals surface area contributed by atoms with Gasteiger partial charge in [0.15, 0.2) is 0 Å². The van der Waals surface area contributed by atoms with Crippen molar-refractivity contribution in [2.45, 2.75) is 12.0 Å². The number of carboxylic acid groups (broad SMARTS) is 1. The second-order valence-corrected chi connectivity index (χ2v) is 6.59. The van der Waals surface area contributed by atoms with Gasteiger partial charge in [-0.1, -0.05) is 48.5 Å². The van der Waals surface area contributed by atoms with Gasteiger partial charge in [-0.2, -0.15) is 0 Å². The maximum absolute atomic E-state index is 12.4. The zero-order valence-electron chi connectivity index (χ0n) is 14.6. The maximum Gasteiger partial charge on any atom is 0.409 e. The van der Waals surface area contributed by atoms with E-state index >= 15 is 0 Å². The van der Waals surface area contributed by atoms with Crippen LogP contribution in [-0.4, -0.2) is 54.4 Å². The van der Waals surface area contributed by atoms with Crippen molar-refractivity contribution < 1.29 is 19.4 Å². The Hall–Kier alpha value is -2.57. The van der Waals surface area contributed by atoms with Crippen LogP contribution in [0.5, 0.6) is 0 Å². The van der Waals surface area contributed by atoms with E-state index in [0.717, 1.165) is 11.1 Å². The largest absolute Gasteiger partial charge is 0.480 e. The van der Waals surface area contributed by atoms with Crippen molar-refractivity contribution in [3.63, 3.8) is 0 Å². The van der Waals surface area contributed by atoms with Crippen LogP contribution in [0, 0.1) is 0 Å². The Morgan fingerprint density at radius 1 is 1.07 bits per heavy atom. The fourth-order valence-electron chi connectivity index (χ4n) is 3.77. The molecule has 1 atom stereocenters. The molecule has 1 aliphatic heterocycles. The lowest BCUT2D eigenvalue weighted by Gasteiger charge is -2.31. The summed E-state index contributed by atoms with van der Waals surface area (Å²) < 4.78 is 5.57. The van der Waals surface area contributed by atoms with Crippen LogP contribution in [0.25, 0.3) is 11.1 Å². The molecular formula is C20H21ClN2O4. The van der Waals surface area contributed by atoms with Gasteiger partial charge in [-0.05, 0) is 22.3 Å². The highest BCUT2D eigenvalue weighted by Crippen LogP contribution is 2.44. The van der Waals surface area contributed by atoms with Crippen LogP contribution in [0.2, 0.25) is 0 Å². The number of piperazine rings is 1. The number of carbonyl (C=O) groups excluding carboxylic acids is 1. The minimum atomic E-state index is -0.957. The van der Waals surface area contributed by atoms with Crippen LogP contribution < -0.4 is 5.32 Å². The van der Waals surface area contributed by atoms with Crippen LogP contribution in [0.3, 0.4) is 0 Å². The van der Waals surface area contributed by atoms with Crippen LogP contribution in [0.1, 0.15) is 17.0 Å². The third-order valence-corrected chi connectivity index (χ3v) is 5.07. The topological polar surface area (TPSA) is 78.9 Å². The number of amides is 1. The van der Waals surface area contributed by atoms with Gasteiger partial charge >= 0.3 is 12.1 Å². The summed E-state index contributed by atoms with van der Waals surface area (Å²) in [6.07, 6.45) is -0.459. The highest BCUT2D eigenvalue weighted by atomic mass is 35.5. The molecule has 7 heteroatoms. The second-order valence-electron chi connectivity index (χ2n) is 6.59. The van der Waals surface area contributed by atoms with Gasteiger partial charge in [0.25, 0.3) is 0 Å². The number of hydrogen-bond acceptors (Lipinski definition) is 4. The van der Waals surface area contributed by atoms with E-state index in [2.05, 4.69) is 29.6 Å². The van der Waals surface area contributed by atoms with Gasteiger partial charge in [0.1, 0.15) is 12.6 Å². The highest BCUT2D eigenvalue weighted by molar-refractivity contribution is 5.85. The molecule has 0 radical (unpaired) electrons. The van der Waals surface area contributed by atoms with Gasteiger partial charge in [-0.3, -0.25) is 4.79 Å². The van der Waals surface area contributed by atoms with Gasteiger partial charge in [0.2, 0.25) is 0 Å². The van der Waals surface area contributed by atoms with Crippen LogP contribution in [-0.2, 0) is 9.53 Å². The normalized spacial score (nSPS) is 18.2. The molecule has 1 amide bonds. The molecule has 0 aromatic heterocycles. The van der Waals surface area contributed by atoms with E-state index in [1.807, 2.05) is 24.3 Å². The monoisotopic (exact) mass is 388 g/mol. The zero-order valence-corrected chi connectivity index (χ0v) is 15.4. The van der Waals surface area contributed by atoms with Crippen molar-refractivity contribution >= 4 is 24.5 Å². The summed E-state index contributed by atoms with van der Waals surface area (Å²) in [7, 11) is 0. The van der Waals surface area contributed by atoms with E-state index in [0.29, 0.717) is 13.1 Å². The van der Waals surface area contributed by atoms with Crippen molar-refractivity contribution in [1.29, 1.82) is 0 Å². The number of fused-ring (bicyclic) bond motifs is 3. The first-order valence-electron chi connectivity index (χ1n) is 8.71. The first-order valence-corrected chi connectivity index (χ1v) is 8.71. The number of aliphatic carboxylic acids is 1. The molecule has 27 heavy (non-hydrogen) atoms. The Morgan fingerprint density at radius 2 is 1.67 bits per heavy atom.